The number of carbonyl (C=O) groups excluding carboxylic acids is 3. The van der Waals surface area contributed by atoms with Crippen LogP contribution in [0.15, 0.2) is 41.9 Å². The standard InChI is InChI=1S/C30H39N10O17P3/c1-18(41)33-9-10-35-30(43)19-5-3-7-21(11-19)52-16-25(38-39-32)53-15-24(42)34-8-4-6-20-13-40(29-27(20)28(31)36-17-37-29)26-12-22(51-2)23(55-26)14-54-59(47,48)57-60(49,50)56-58(44,45)46/h3,5,7,11,13,17,22-23,25-26H,8-10,12,14-16H2,1-2H3,(H,33,41)(H,34,42)(H,35,43)(H,47,48)(H,49,50)(H2,31,36,37)(H2,44,45,46). The fourth-order valence-electron chi connectivity index (χ4n) is 5.25. The lowest BCUT2D eigenvalue weighted by atomic mass is 10.2. The normalized spacial score (nSPS) is 18.8. The average molecular weight is 905 g/mol. The number of fused-ring (bicyclic) bond motifs is 1. The quantitative estimate of drug-likeness (QED) is 0.0182. The molecular formula is C30H39N10O17P3. The molecule has 0 bridgehead atoms. The lowest BCUT2D eigenvalue weighted by Gasteiger charge is -2.20. The summed E-state index contributed by atoms with van der Waals surface area (Å²) in [6.45, 7) is 0.0156. The van der Waals surface area contributed by atoms with E-state index in [0.29, 0.717) is 10.9 Å². The van der Waals surface area contributed by atoms with Gasteiger partial charge < -0.3 is 64.8 Å². The van der Waals surface area contributed by atoms with E-state index in [4.69, 9.17) is 44.5 Å². The number of ether oxygens (including phenoxy) is 4. The summed E-state index contributed by atoms with van der Waals surface area (Å²) >= 11 is 0. The zero-order chi connectivity index (χ0) is 44.1. The van der Waals surface area contributed by atoms with Crippen LogP contribution in [0.3, 0.4) is 0 Å². The van der Waals surface area contributed by atoms with Gasteiger partial charge in [0, 0.05) is 50.2 Å². The van der Waals surface area contributed by atoms with E-state index < -0.39 is 73.2 Å². The number of nitrogens with one attached hydrogen (secondary N) is 3. The van der Waals surface area contributed by atoms with E-state index in [2.05, 4.69) is 56.4 Å². The largest absolute Gasteiger partial charge is 0.491 e. The number of anilines is 1. The van der Waals surface area contributed by atoms with Crippen molar-refractivity contribution in [1.29, 1.82) is 0 Å². The number of azide groups is 1. The summed E-state index contributed by atoms with van der Waals surface area (Å²) in [7, 11) is -15.5. The van der Waals surface area contributed by atoms with Crippen LogP contribution in [0, 0.1) is 11.8 Å². The van der Waals surface area contributed by atoms with Gasteiger partial charge in [-0.3, -0.25) is 18.9 Å². The number of nitrogens with zero attached hydrogens (tertiary/aromatic N) is 6. The van der Waals surface area contributed by atoms with Gasteiger partial charge in [-0.25, -0.2) is 23.7 Å². The molecule has 0 aliphatic carbocycles. The monoisotopic (exact) mass is 904 g/mol. The SMILES string of the molecule is COC1CC(n2cc(C#CCNC(=O)COC(COc3cccc(C(=O)NCCNC(C)=O)c3)N=[N+]=[N-])c3c(N)ncnc32)OC1COP(=O)(O)OP(=O)(O)OP(=O)(O)O. The number of aromatic nitrogens is 3. The van der Waals surface area contributed by atoms with Crippen molar-refractivity contribution in [2.24, 2.45) is 5.11 Å². The van der Waals surface area contributed by atoms with Crippen LogP contribution in [0.5, 0.6) is 5.75 Å². The van der Waals surface area contributed by atoms with Crippen molar-refractivity contribution in [3.63, 3.8) is 0 Å². The molecule has 3 heterocycles. The Hall–Kier alpha value is -4.99. The highest BCUT2D eigenvalue weighted by Gasteiger charge is 2.43. The van der Waals surface area contributed by atoms with Gasteiger partial charge in [0.05, 0.1) is 30.2 Å². The Bertz CT molecular complexity index is 2290. The Balaban J connectivity index is 1.32. The van der Waals surface area contributed by atoms with Crippen LogP contribution in [0.25, 0.3) is 21.5 Å². The number of nitrogen functional groups attached to an aromatic ring is 1. The van der Waals surface area contributed by atoms with Crippen molar-refractivity contribution < 1.29 is 79.7 Å². The number of hydrogen-bond acceptors (Lipinski definition) is 17. The van der Waals surface area contributed by atoms with Crippen molar-refractivity contribution in [2.75, 3.05) is 52.3 Å². The minimum atomic E-state index is -5.74. The molecule has 27 nitrogen and oxygen atoms in total. The summed E-state index contributed by atoms with van der Waals surface area (Å²) < 4.78 is 70.9. The molecule has 326 valence electrons. The molecule has 1 aliphatic rings. The first kappa shape index (κ1) is 47.7. The highest BCUT2D eigenvalue weighted by molar-refractivity contribution is 7.66. The second-order valence-corrected chi connectivity index (χ2v) is 16.5. The first-order valence-electron chi connectivity index (χ1n) is 17.0. The van der Waals surface area contributed by atoms with Gasteiger partial charge in [-0.15, -0.1) is 0 Å². The molecule has 3 aromatic rings. The lowest BCUT2D eigenvalue weighted by molar-refractivity contribution is -0.128. The maximum atomic E-state index is 12.5. The highest BCUT2D eigenvalue weighted by Crippen LogP contribution is 2.66. The number of rotatable bonds is 21. The first-order valence-corrected chi connectivity index (χ1v) is 21.6. The van der Waals surface area contributed by atoms with Crippen molar-refractivity contribution >= 4 is 58.0 Å². The predicted molar refractivity (Wildman–Crippen MR) is 203 cm³/mol. The van der Waals surface area contributed by atoms with Crippen molar-refractivity contribution in [3.05, 3.63) is 58.4 Å². The van der Waals surface area contributed by atoms with Gasteiger partial charge in [-0.2, -0.15) is 8.62 Å². The van der Waals surface area contributed by atoms with Crippen LogP contribution in [0.1, 0.15) is 35.5 Å². The molecule has 1 aromatic carbocycles. The van der Waals surface area contributed by atoms with E-state index in [-0.39, 0.29) is 61.3 Å². The average Bonchev–Trinajstić information content (AvgIpc) is 3.75. The number of phosphoric acid groups is 3. The molecule has 6 atom stereocenters. The third-order valence-electron chi connectivity index (χ3n) is 7.71. The number of methoxy groups -OCH3 is 1. The number of benzene rings is 1. The van der Waals surface area contributed by atoms with Crippen LogP contribution in [-0.2, 0) is 50.6 Å². The van der Waals surface area contributed by atoms with Crippen LogP contribution in [0.2, 0.25) is 0 Å². The Morgan fingerprint density at radius 3 is 2.57 bits per heavy atom. The Kier molecular flexibility index (Phi) is 17.1. The lowest BCUT2D eigenvalue weighted by Crippen LogP contribution is -2.33. The predicted octanol–water partition coefficient (Wildman–Crippen LogP) is 0.725. The topological polar surface area (TPSA) is 390 Å². The summed E-state index contributed by atoms with van der Waals surface area (Å²) in [4.78, 5) is 83.6. The van der Waals surface area contributed by atoms with E-state index in [1.54, 1.807) is 18.2 Å². The van der Waals surface area contributed by atoms with Crippen LogP contribution >= 0.6 is 23.5 Å². The molecule has 0 radical (unpaired) electrons. The van der Waals surface area contributed by atoms with Crippen LogP contribution in [-0.4, -0.2) is 117 Å². The third kappa shape index (κ3) is 14.9. The van der Waals surface area contributed by atoms with Gasteiger partial charge in [0.15, 0.2) is 6.23 Å². The van der Waals surface area contributed by atoms with E-state index >= 15 is 0 Å². The second-order valence-electron chi connectivity index (χ2n) is 12.1. The van der Waals surface area contributed by atoms with Crippen molar-refractivity contribution in [1.82, 2.24) is 30.5 Å². The fraction of sp³-hybridized carbons (Fsp3) is 0.433. The molecule has 9 N–H and O–H groups in total. The van der Waals surface area contributed by atoms with Crippen molar-refractivity contribution in [3.8, 4) is 17.6 Å². The van der Waals surface area contributed by atoms with Gasteiger partial charge in [0.25, 0.3) is 5.91 Å². The number of amides is 3. The smallest absolute Gasteiger partial charge is 0.490 e. The Morgan fingerprint density at radius 2 is 1.87 bits per heavy atom. The van der Waals surface area contributed by atoms with Gasteiger partial charge in [0.2, 0.25) is 11.8 Å². The molecule has 1 fully saturated rings. The highest BCUT2D eigenvalue weighted by atomic mass is 31.3. The Morgan fingerprint density at radius 1 is 1.12 bits per heavy atom. The molecule has 1 aliphatic heterocycles. The number of hydrogen-bond donors (Lipinski definition) is 8. The zero-order valence-corrected chi connectivity index (χ0v) is 34.1. The third-order valence-corrected chi connectivity index (χ3v) is 11.5. The van der Waals surface area contributed by atoms with Crippen molar-refractivity contribution in [2.45, 2.75) is 38.0 Å². The first-order chi connectivity index (χ1) is 28.3. The second kappa shape index (κ2) is 21.5. The molecule has 60 heavy (non-hydrogen) atoms. The molecular weight excluding hydrogens is 865 g/mol. The number of nitrogens with two attached hydrogens (primary N) is 1. The summed E-state index contributed by atoms with van der Waals surface area (Å²) in [5.74, 6) is 4.67. The van der Waals surface area contributed by atoms with Gasteiger partial charge in [0.1, 0.15) is 49.1 Å². The summed E-state index contributed by atoms with van der Waals surface area (Å²) in [5, 5.41) is 11.5. The minimum Gasteiger partial charge on any atom is -0.491 e. The number of phosphoric ester groups is 1. The van der Waals surface area contributed by atoms with Crippen LogP contribution < -0.4 is 26.4 Å². The van der Waals surface area contributed by atoms with Gasteiger partial charge in [-0.05, 0) is 23.7 Å². The summed E-state index contributed by atoms with van der Waals surface area (Å²) in [5.41, 5.74) is 16.0. The summed E-state index contributed by atoms with van der Waals surface area (Å²) in [6, 6.07) is 6.12. The molecule has 30 heteroatoms. The van der Waals surface area contributed by atoms with Crippen LogP contribution in [0.4, 0.5) is 5.82 Å². The molecule has 3 amide bonds. The maximum absolute atomic E-state index is 12.5. The van der Waals surface area contributed by atoms with E-state index in [1.807, 2.05) is 0 Å². The molecule has 0 saturated carbocycles. The molecule has 2 aromatic heterocycles. The number of carbonyl (C=O) groups is 3. The van der Waals surface area contributed by atoms with Gasteiger partial charge >= 0.3 is 23.5 Å². The molecule has 1 saturated heterocycles. The molecule has 0 spiro atoms. The zero-order valence-electron chi connectivity index (χ0n) is 31.4. The van der Waals surface area contributed by atoms with E-state index in [0.717, 1.165) is 0 Å². The molecule has 6 unspecified atom stereocenters. The maximum Gasteiger partial charge on any atom is 0.490 e. The minimum absolute atomic E-state index is 0.0472. The van der Waals surface area contributed by atoms with E-state index in [9.17, 15) is 37.9 Å². The fourth-order valence-corrected chi connectivity index (χ4v) is 8.28. The molecule has 4 rings (SSSR count). The van der Waals surface area contributed by atoms with E-state index in [1.165, 1.54) is 37.2 Å². The van der Waals surface area contributed by atoms with Gasteiger partial charge in [-0.1, -0.05) is 23.0 Å². The summed E-state index contributed by atoms with van der Waals surface area (Å²) in [6.07, 6.45) is -1.19. The Labute approximate surface area is 339 Å².